The van der Waals surface area contributed by atoms with Crippen molar-refractivity contribution in [3.8, 4) is 0 Å². The average molecular weight is 793 g/mol. The van der Waals surface area contributed by atoms with Crippen LogP contribution in [0.5, 0.6) is 0 Å². The van der Waals surface area contributed by atoms with E-state index < -0.39 is 53.7 Å². The molecule has 5 aromatic rings. The molecule has 0 aliphatic rings. The first kappa shape index (κ1) is 41.4. The van der Waals surface area contributed by atoms with E-state index in [2.05, 4.69) is 36.2 Å². The Hall–Kier alpha value is -6.74. The van der Waals surface area contributed by atoms with E-state index in [0.717, 1.165) is 16.5 Å². The van der Waals surface area contributed by atoms with Gasteiger partial charge in [-0.25, -0.2) is 0 Å². The number of guanidine groups is 1. The molecule has 0 saturated carbocycles. The number of H-pyrrole nitrogens is 1. The summed E-state index contributed by atoms with van der Waals surface area (Å²) in [5.41, 5.74) is 20.1. The number of hydrogen-bond donors (Lipinski definition) is 8. The number of nitrogens with two attached hydrogens (primary N) is 3. The van der Waals surface area contributed by atoms with Crippen LogP contribution in [0.25, 0.3) is 10.9 Å². The predicted molar refractivity (Wildman–Crippen MR) is 218 cm³/mol. The lowest BCUT2D eigenvalue weighted by Crippen LogP contribution is -2.59. The molecule has 5 rings (SSSR count). The van der Waals surface area contributed by atoms with Crippen molar-refractivity contribution in [2.45, 2.75) is 56.3 Å². The number of rotatable bonds is 19. The second-order valence-electron chi connectivity index (χ2n) is 13.4. The van der Waals surface area contributed by atoms with Crippen LogP contribution >= 0.6 is 11.6 Å². The Morgan fingerprint density at radius 1 is 0.667 bits per heavy atom. The third-order valence-electron chi connectivity index (χ3n) is 9.17. The van der Waals surface area contributed by atoms with Gasteiger partial charge in [0.1, 0.15) is 24.2 Å². The highest BCUT2D eigenvalue weighted by Gasteiger charge is 2.32. The number of amides is 5. The van der Waals surface area contributed by atoms with Crippen molar-refractivity contribution in [1.29, 1.82) is 0 Å². The molecule has 0 saturated heterocycles. The first-order valence-electron chi connectivity index (χ1n) is 18.3. The number of para-hydroxylation sites is 1. The summed E-state index contributed by atoms with van der Waals surface area (Å²) in [6, 6.07) is 21.7. The number of fused-ring (bicyclic) bond motifs is 1. The molecule has 0 fully saturated rings. The van der Waals surface area contributed by atoms with Gasteiger partial charge in [0, 0.05) is 65.9 Å². The number of aliphatic imine (C=N–C) groups is 1. The van der Waals surface area contributed by atoms with Crippen molar-refractivity contribution in [3.05, 3.63) is 137 Å². The molecule has 0 spiro atoms. The molecule has 15 nitrogen and oxygen atoms in total. The second kappa shape index (κ2) is 20.3. The molecular weight excluding hydrogens is 748 g/mol. The first-order valence-corrected chi connectivity index (χ1v) is 18.6. The number of pyridine rings is 1. The van der Waals surface area contributed by atoms with Crippen LogP contribution in [0.3, 0.4) is 0 Å². The zero-order valence-electron chi connectivity index (χ0n) is 31.0. The molecule has 0 unspecified atom stereocenters. The topological polar surface area (TPSA) is 253 Å². The predicted octanol–water partition coefficient (Wildman–Crippen LogP) is 2.04. The fourth-order valence-electron chi connectivity index (χ4n) is 6.20. The summed E-state index contributed by atoms with van der Waals surface area (Å²) >= 11 is 6.10. The fraction of sp³-hybridized carbons (Fsp3) is 0.244. The molecule has 3 aromatic carbocycles. The number of aromatic amines is 1. The number of halogens is 1. The van der Waals surface area contributed by atoms with Crippen LogP contribution < -0.4 is 38.5 Å². The Labute approximate surface area is 334 Å². The van der Waals surface area contributed by atoms with Gasteiger partial charge in [0.05, 0.1) is 0 Å². The van der Waals surface area contributed by atoms with E-state index in [-0.39, 0.29) is 50.2 Å². The van der Waals surface area contributed by atoms with E-state index in [9.17, 15) is 24.0 Å². The molecule has 2 heterocycles. The Morgan fingerprint density at radius 3 is 1.91 bits per heavy atom. The summed E-state index contributed by atoms with van der Waals surface area (Å²) in [6.07, 6.45) is 5.21. The molecular formula is C41H45ClN10O5. The molecule has 0 bridgehead atoms. The lowest BCUT2D eigenvalue weighted by molar-refractivity contribution is -0.133. The van der Waals surface area contributed by atoms with Crippen molar-refractivity contribution >= 4 is 58.0 Å². The van der Waals surface area contributed by atoms with Gasteiger partial charge in [0.25, 0.3) is 5.91 Å². The third-order valence-corrected chi connectivity index (χ3v) is 9.42. The number of carbonyl (C=O) groups excluding carboxylic acids is 5. The molecule has 16 heteroatoms. The van der Waals surface area contributed by atoms with E-state index >= 15 is 0 Å². The molecule has 0 radical (unpaired) electrons. The Bertz CT molecular complexity index is 2180. The zero-order chi connectivity index (χ0) is 40.7. The largest absolute Gasteiger partial charge is 0.370 e. The summed E-state index contributed by atoms with van der Waals surface area (Å²) in [5, 5.41) is 12.5. The molecule has 296 valence electrons. The van der Waals surface area contributed by atoms with Gasteiger partial charge in [-0.1, -0.05) is 72.3 Å². The molecule has 4 atom stereocenters. The summed E-state index contributed by atoms with van der Waals surface area (Å²) in [7, 11) is 0. The smallest absolute Gasteiger partial charge is 0.252 e. The van der Waals surface area contributed by atoms with Crippen molar-refractivity contribution in [2.24, 2.45) is 22.2 Å². The standard InChI is InChI=1S/C41H45ClN10O5/c42-29-14-12-26(13-15-29)22-34(51-37(54)27-16-19-46-20-17-27)40(57)52-35(21-25-7-2-1-3-8-25)39(56)49-32(11-6-18-47-41(44)45)38(55)50-33(36(43)53)23-28-24-48-31-10-5-4-9-30(28)31/h1-5,7-10,12-17,19-20,24,32-35,48H,6,11,18,21-23H2,(H2,43,53)(H,49,56)(H,50,55)(H,51,54)(H,52,57)(H4,44,45,47)/t32-,33-,34-,35-/m0/s1. The fourth-order valence-corrected chi connectivity index (χ4v) is 6.33. The summed E-state index contributed by atoms with van der Waals surface area (Å²) in [6.45, 7) is 0.157. The molecule has 11 N–H and O–H groups in total. The number of nitrogens with zero attached hydrogens (tertiary/aromatic N) is 2. The zero-order valence-corrected chi connectivity index (χ0v) is 31.7. The van der Waals surface area contributed by atoms with E-state index in [0.29, 0.717) is 16.1 Å². The van der Waals surface area contributed by atoms with Gasteiger partial charge in [-0.2, -0.15) is 0 Å². The molecule has 5 amide bonds. The quantitative estimate of drug-likeness (QED) is 0.0348. The van der Waals surface area contributed by atoms with Crippen LogP contribution in [-0.4, -0.2) is 76.2 Å². The van der Waals surface area contributed by atoms with Crippen LogP contribution in [-0.2, 0) is 38.4 Å². The third kappa shape index (κ3) is 12.4. The normalized spacial score (nSPS) is 13.0. The minimum absolute atomic E-state index is 0.0389. The maximum atomic E-state index is 14.2. The molecule has 57 heavy (non-hydrogen) atoms. The minimum atomic E-state index is -1.21. The van der Waals surface area contributed by atoms with Gasteiger partial charge in [-0.15, -0.1) is 0 Å². The van der Waals surface area contributed by atoms with Gasteiger partial charge < -0.3 is 43.5 Å². The van der Waals surface area contributed by atoms with Crippen molar-refractivity contribution in [1.82, 2.24) is 31.2 Å². The lowest BCUT2D eigenvalue weighted by Gasteiger charge is -2.26. The highest BCUT2D eigenvalue weighted by Crippen LogP contribution is 2.19. The van der Waals surface area contributed by atoms with Crippen LogP contribution in [0, 0.1) is 0 Å². The highest BCUT2D eigenvalue weighted by atomic mass is 35.5. The number of benzene rings is 3. The summed E-state index contributed by atoms with van der Waals surface area (Å²) < 4.78 is 0. The minimum Gasteiger partial charge on any atom is -0.370 e. The van der Waals surface area contributed by atoms with Crippen LogP contribution in [0.4, 0.5) is 0 Å². The first-order chi connectivity index (χ1) is 27.5. The SMILES string of the molecule is NC(=O)[C@H](Cc1c[nH]c2ccccc12)NC(=O)[C@H](CCCN=C(N)N)NC(=O)[C@H](Cc1ccccc1)NC(=O)[C@H](Cc1ccc(Cl)cc1)NC(=O)c1ccncc1. The average Bonchev–Trinajstić information content (AvgIpc) is 3.62. The van der Waals surface area contributed by atoms with Gasteiger partial charge in [-0.3, -0.25) is 33.9 Å². The van der Waals surface area contributed by atoms with Gasteiger partial charge in [-0.05, 0) is 59.9 Å². The number of aromatic nitrogens is 2. The molecule has 0 aliphatic heterocycles. The second-order valence-corrected chi connectivity index (χ2v) is 13.8. The number of carbonyl (C=O) groups is 5. The summed E-state index contributed by atoms with van der Waals surface area (Å²) in [5.74, 6) is -3.44. The van der Waals surface area contributed by atoms with Crippen LogP contribution in [0.15, 0.2) is 115 Å². The Kier molecular flexibility index (Phi) is 14.7. The van der Waals surface area contributed by atoms with Crippen molar-refractivity contribution in [3.63, 3.8) is 0 Å². The van der Waals surface area contributed by atoms with E-state index in [4.69, 9.17) is 28.8 Å². The van der Waals surface area contributed by atoms with Crippen LogP contribution in [0.2, 0.25) is 5.02 Å². The molecule has 2 aromatic heterocycles. The van der Waals surface area contributed by atoms with E-state index in [1.807, 2.05) is 30.3 Å². The van der Waals surface area contributed by atoms with E-state index in [1.165, 1.54) is 24.5 Å². The lowest BCUT2D eigenvalue weighted by atomic mass is 10.0. The van der Waals surface area contributed by atoms with Crippen molar-refractivity contribution < 1.29 is 24.0 Å². The van der Waals surface area contributed by atoms with Crippen molar-refractivity contribution in [2.75, 3.05) is 6.54 Å². The number of primary amides is 1. The Balaban J connectivity index is 1.38. The molecule has 0 aliphatic carbocycles. The monoisotopic (exact) mass is 792 g/mol. The van der Waals surface area contributed by atoms with E-state index in [1.54, 1.807) is 54.7 Å². The number of hydrogen-bond acceptors (Lipinski definition) is 7. The number of nitrogens with one attached hydrogen (secondary N) is 5. The van der Waals surface area contributed by atoms with Gasteiger partial charge in [0.15, 0.2) is 5.96 Å². The maximum Gasteiger partial charge on any atom is 0.252 e. The Morgan fingerprint density at radius 2 is 1.25 bits per heavy atom. The summed E-state index contributed by atoms with van der Waals surface area (Å²) in [4.78, 5) is 79.3. The van der Waals surface area contributed by atoms with Gasteiger partial charge >= 0.3 is 0 Å². The van der Waals surface area contributed by atoms with Gasteiger partial charge in [0.2, 0.25) is 23.6 Å². The van der Waals surface area contributed by atoms with Crippen LogP contribution in [0.1, 0.15) is 39.9 Å². The highest BCUT2D eigenvalue weighted by molar-refractivity contribution is 6.30. The maximum absolute atomic E-state index is 14.2.